The van der Waals surface area contributed by atoms with Crippen LogP contribution in [-0.2, 0) is 0 Å². The molecule has 0 aliphatic heterocycles. The van der Waals surface area contributed by atoms with Crippen LogP contribution in [-0.4, -0.2) is 15.4 Å². The van der Waals surface area contributed by atoms with Crippen molar-refractivity contribution in [3.8, 4) is 0 Å². The lowest BCUT2D eigenvalue weighted by Crippen LogP contribution is -2.11. The molecule has 8 heavy (non-hydrogen) atoms. The monoisotopic (exact) mass is 148 g/mol. The standard InChI is InChI=1S/C6H13ClSi/c1-4-8-6(2,3)5-7/h4H,1,5,8H2,2-3H3. The van der Waals surface area contributed by atoms with Gasteiger partial charge < -0.3 is 0 Å². The van der Waals surface area contributed by atoms with Gasteiger partial charge in [-0.1, -0.05) is 13.8 Å². The van der Waals surface area contributed by atoms with E-state index in [4.69, 9.17) is 11.6 Å². The van der Waals surface area contributed by atoms with Gasteiger partial charge in [-0.3, -0.25) is 0 Å². The molecule has 0 aromatic rings. The first kappa shape index (κ1) is 8.25. The molecule has 0 spiro atoms. The van der Waals surface area contributed by atoms with Crippen LogP contribution >= 0.6 is 11.6 Å². The Morgan fingerprint density at radius 3 is 2.38 bits per heavy atom. The lowest BCUT2D eigenvalue weighted by Gasteiger charge is -2.16. The van der Waals surface area contributed by atoms with Crippen molar-refractivity contribution in [1.29, 1.82) is 0 Å². The van der Waals surface area contributed by atoms with Crippen molar-refractivity contribution in [3.05, 3.63) is 12.3 Å². The van der Waals surface area contributed by atoms with Gasteiger partial charge in [0.25, 0.3) is 0 Å². The average molecular weight is 149 g/mol. The van der Waals surface area contributed by atoms with Crippen molar-refractivity contribution in [2.45, 2.75) is 18.9 Å². The Kier molecular flexibility index (Phi) is 3.41. The van der Waals surface area contributed by atoms with Crippen molar-refractivity contribution in [1.82, 2.24) is 0 Å². The van der Waals surface area contributed by atoms with E-state index in [0.717, 1.165) is 5.88 Å². The molecular weight excluding hydrogens is 136 g/mol. The second kappa shape index (κ2) is 3.31. The number of halogens is 1. The smallest absolute Gasteiger partial charge is 0.0517 e. The average Bonchev–Trinajstić information content (AvgIpc) is 1.67. The molecular formula is C6H13ClSi. The summed E-state index contributed by atoms with van der Waals surface area (Å²) in [5.74, 6) is 0.769. The van der Waals surface area contributed by atoms with E-state index in [9.17, 15) is 0 Å². The predicted octanol–water partition coefficient (Wildman–Crippen LogP) is 1.74. The molecule has 48 valence electrons. The fourth-order valence-corrected chi connectivity index (χ4v) is 1.66. The van der Waals surface area contributed by atoms with Gasteiger partial charge in [0.05, 0.1) is 9.52 Å². The fourth-order valence-electron chi connectivity index (χ4n) is 0.445. The van der Waals surface area contributed by atoms with Gasteiger partial charge in [-0.2, -0.15) is 0 Å². The summed E-state index contributed by atoms with van der Waals surface area (Å²) in [5.41, 5.74) is 2.04. The third kappa shape index (κ3) is 3.27. The van der Waals surface area contributed by atoms with E-state index in [-0.39, 0.29) is 9.52 Å². The Morgan fingerprint density at radius 1 is 1.75 bits per heavy atom. The van der Waals surface area contributed by atoms with E-state index in [1.165, 1.54) is 0 Å². The zero-order chi connectivity index (χ0) is 6.62. The van der Waals surface area contributed by atoms with Gasteiger partial charge in [0.15, 0.2) is 0 Å². The van der Waals surface area contributed by atoms with Crippen LogP contribution in [0.2, 0.25) is 5.04 Å². The predicted molar refractivity (Wildman–Crippen MR) is 43.5 cm³/mol. The highest BCUT2D eigenvalue weighted by Gasteiger charge is 2.13. The second-order valence-electron chi connectivity index (χ2n) is 2.79. The van der Waals surface area contributed by atoms with Crippen molar-refractivity contribution in [3.63, 3.8) is 0 Å². The zero-order valence-corrected chi connectivity index (χ0v) is 7.75. The summed E-state index contributed by atoms with van der Waals surface area (Å²) in [6.07, 6.45) is 0. The molecule has 0 nitrogen and oxygen atoms in total. The topological polar surface area (TPSA) is 0 Å². The minimum absolute atomic E-state index is 0.118. The maximum absolute atomic E-state index is 5.66. The highest BCUT2D eigenvalue weighted by molar-refractivity contribution is 6.47. The molecule has 0 saturated heterocycles. The molecule has 0 aliphatic rings. The Hall–Kier alpha value is 0.247. The molecule has 0 radical (unpaired) electrons. The van der Waals surface area contributed by atoms with Crippen LogP contribution in [0.3, 0.4) is 0 Å². The third-order valence-electron chi connectivity index (χ3n) is 1.06. The largest absolute Gasteiger partial charge is 0.126 e. The van der Waals surface area contributed by atoms with E-state index in [1.54, 1.807) is 0 Å². The molecule has 0 aliphatic carbocycles. The van der Waals surface area contributed by atoms with E-state index >= 15 is 0 Å². The molecule has 0 atom stereocenters. The molecule has 0 N–H and O–H groups in total. The minimum Gasteiger partial charge on any atom is -0.126 e. The van der Waals surface area contributed by atoms with Crippen LogP contribution in [0.15, 0.2) is 12.3 Å². The van der Waals surface area contributed by atoms with Crippen molar-refractivity contribution < 1.29 is 0 Å². The third-order valence-corrected chi connectivity index (χ3v) is 3.74. The molecule has 0 aromatic heterocycles. The van der Waals surface area contributed by atoms with E-state index < -0.39 is 0 Å². The SMILES string of the molecule is C=C[SiH2]C(C)(C)CCl. The summed E-state index contributed by atoms with van der Waals surface area (Å²) < 4.78 is 0. The van der Waals surface area contributed by atoms with Crippen LogP contribution < -0.4 is 0 Å². The summed E-state index contributed by atoms with van der Waals surface area (Å²) in [4.78, 5) is 0. The Balaban J connectivity index is 3.53. The normalized spacial score (nSPS) is 12.9. The Bertz CT molecular complexity index is 78.6. The van der Waals surface area contributed by atoms with Crippen molar-refractivity contribution in [2.75, 3.05) is 5.88 Å². The first-order valence-electron chi connectivity index (χ1n) is 2.79. The lowest BCUT2D eigenvalue weighted by molar-refractivity contribution is 0.767. The van der Waals surface area contributed by atoms with Gasteiger partial charge >= 0.3 is 0 Å². The van der Waals surface area contributed by atoms with E-state index in [2.05, 4.69) is 20.4 Å². The van der Waals surface area contributed by atoms with Crippen LogP contribution in [0.25, 0.3) is 0 Å². The summed E-state index contributed by atoms with van der Waals surface area (Å²) in [6.45, 7) is 8.07. The van der Waals surface area contributed by atoms with Gasteiger partial charge in [0, 0.05) is 5.88 Å². The first-order chi connectivity index (χ1) is 3.62. The van der Waals surface area contributed by atoms with E-state index in [0.29, 0.717) is 5.04 Å². The van der Waals surface area contributed by atoms with Crippen LogP contribution in [0.5, 0.6) is 0 Å². The molecule has 0 fully saturated rings. The maximum atomic E-state index is 5.66. The maximum Gasteiger partial charge on any atom is 0.0517 e. The fraction of sp³-hybridized carbons (Fsp3) is 0.667. The number of hydrogen-bond donors (Lipinski definition) is 0. The zero-order valence-electron chi connectivity index (χ0n) is 5.58. The molecule has 0 unspecified atom stereocenters. The number of rotatable bonds is 3. The van der Waals surface area contributed by atoms with Crippen molar-refractivity contribution in [2.24, 2.45) is 0 Å². The highest BCUT2D eigenvalue weighted by Crippen LogP contribution is 2.23. The highest BCUT2D eigenvalue weighted by atomic mass is 35.5. The quantitative estimate of drug-likeness (QED) is 0.423. The summed E-state index contributed by atoms with van der Waals surface area (Å²) >= 11 is 5.66. The molecule has 0 saturated carbocycles. The molecule has 0 rings (SSSR count). The minimum atomic E-state index is -0.118. The molecule has 0 heterocycles. The Morgan fingerprint density at radius 2 is 2.25 bits per heavy atom. The number of hydrogen-bond acceptors (Lipinski definition) is 0. The van der Waals surface area contributed by atoms with Crippen LogP contribution in [0.4, 0.5) is 0 Å². The Labute approximate surface area is 58.8 Å². The van der Waals surface area contributed by atoms with E-state index in [1.807, 2.05) is 5.70 Å². The first-order valence-corrected chi connectivity index (χ1v) is 4.85. The van der Waals surface area contributed by atoms with Crippen molar-refractivity contribution >= 4 is 21.1 Å². The molecule has 0 amide bonds. The molecule has 0 aromatic carbocycles. The van der Waals surface area contributed by atoms with Gasteiger partial charge in [-0.25, -0.2) is 0 Å². The lowest BCUT2D eigenvalue weighted by atomic mass is 10.2. The summed E-state index contributed by atoms with van der Waals surface area (Å²) in [6, 6.07) is 0. The second-order valence-corrected chi connectivity index (χ2v) is 5.96. The van der Waals surface area contributed by atoms with Gasteiger partial charge in [0.1, 0.15) is 0 Å². The van der Waals surface area contributed by atoms with Gasteiger partial charge in [-0.15, -0.1) is 23.9 Å². The van der Waals surface area contributed by atoms with Crippen LogP contribution in [0, 0.1) is 0 Å². The molecule has 2 heteroatoms. The van der Waals surface area contributed by atoms with Gasteiger partial charge in [-0.05, 0) is 5.04 Å². The summed E-state index contributed by atoms with van der Waals surface area (Å²) in [5, 5.41) is 0.378. The summed E-state index contributed by atoms with van der Waals surface area (Å²) in [7, 11) is -0.118. The van der Waals surface area contributed by atoms with Crippen LogP contribution in [0.1, 0.15) is 13.8 Å². The van der Waals surface area contributed by atoms with Gasteiger partial charge in [0.2, 0.25) is 0 Å². The number of alkyl halides is 1. The molecule has 0 bridgehead atoms.